The van der Waals surface area contributed by atoms with Crippen LogP contribution < -0.4 is 10.6 Å². The third kappa shape index (κ3) is 5.39. The van der Waals surface area contributed by atoms with Gasteiger partial charge in [-0.2, -0.15) is 0 Å². The van der Waals surface area contributed by atoms with E-state index >= 15 is 0 Å². The molecule has 0 bridgehead atoms. The maximum absolute atomic E-state index is 13.3. The fourth-order valence-corrected chi connectivity index (χ4v) is 2.61. The van der Waals surface area contributed by atoms with E-state index in [2.05, 4.69) is 26.6 Å². The topological polar surface area (TPSA) is 58.2 Å². The highest BCUT2D eigenvalue weighted by molar-refractivity contribution is 9.10. The molecule has 0 fully saturated rings. The highest BCUT2D eigenvalue weighted by atomic mass is 79.9. The minimum atomic E-state index is -0.475. The van der Waals surface area contributed by atoms with E-state index < -0.39 is 5.82 Å². The van der Waals surface area contributed by atoms with E-state index in [4.69, 9.17) is 0 Å². The van der Waals surface area contributed by atoms with Crippen LogP contribution in [0.25, 0.3) is 0 Å². The Kier molecular flexibility index (Phi) is 6.70. The molecule has 2 aromatic rings. The van der Waals surface area contributed by atoms with Crippen molar-refractivity contribution in [3.8, 4) is 0 Å². The lowest BCUT2D eigenvalue weighted by molar-refractivity contribution is 0.0936. The highest BCUT2D eigenvalue weighted by Crippen LogP contribution is 2.18. The van der Waals surface area contributed by atoms with Gasteiger partial charge in [-0.25, -0.2) is 4.39 Å². The largest absolute Gasteiger partial charge is 0.350 e. The highest BCUT2D eigenvalue weighted by Gasteiger charge is 2.12. The van der Waals surface area contributed by atoms with Crippen LogP contribution in [0.1, 0.15) is 46.5 Å². The standard InChI is InChI=1S/C19H20BrFN2O2/c1-3-12(2)23-18(24)14-6-4-5-13(9-14)11-22-19(25)16-10-15(21)7-8-17(16)20/h4-10,12H,3,11H2,1-2H3,(H,22,25)(H,23,24)/t12-/m1/s1. The number of hydrogen-bond acceptors (Lipinski definition) is 2. The van der Waals surface area contributed by atoms with Crippen LogP contribution in [0.5, 0.6) is 0 Å². The van der Waals surface area contributed by atoms with Gasteiger partial charge in [0, 0.05) is 22.6 Å². The SMILES string of the molecule is CC[C@@H](C)NC(=O)c1cccc(CNC(=O)c2cc(F)ccc2Br)c1. The Balaban J connectivity index is 2.03. The third-order valence-electron chi connectivity index (χ3n) is 3.81. The van der Waals surface area contributed by atoms with E-state index in [9.17, 15) is 14.0 Å². The first-order valence-corrected chi connectivity index (χ1v) is 8.83. The van der Waals surface area contributed by atoms with E-state index in [1.54, 1.807) is 18.2 Å². The molecule has 1 atom stereocenters. The van der Waals surface area contributed by atoms with Crippen LogP contribution >= 0.6 is 15.9 Å². The molecule has 0 spiro atoms. The second-order valence-electron chi connectivity index (χ2n) is 5.79. The first-order valence-electron chi connectivity index (χ1n) is 8.03. The van der Waals surface area contributed by atoms with Gasteiger partial charge in [0.15, 0.2) is 0 Å². The van der Waals surface area contributed by atoms with Crippen molar-refractivity contribution in [3.05, 3.63) is 69.4 Å². The second-order valence-corrected chi connectivity index (χ2v) is 6.64. The molecule has 2 aromatic carbocycles. The maximum Gasteiger partial charge on any atom is 0.252 e. The number of hydrogen-bond donors (Lipinski definition) is 2. The number of nitrogens with one attached hydrogen (secondary N) is 2. The van der Waals surface area contributed by atoms with Crippen molar-refractivity contribution in [1.29, 1.82) is 0 Å². The Morgan fingerprint density at radius 3 is 2.64 bits per heavy atom. The zero-order valence-corrected chi connectivity index (χ0v) is 15.7. The summed E-state index contributed by atoms with van der Waals surface area (Å²) < 4.78 is 13.8. The molecule has 0 radical (unpaired) electrons. The molecule has 2 N–H and O–H groups in total. The normalized spacial score (nSPS) is 11.7. The molecule has 0 heterocycles. The summed E-state index contributed by atoms with van der Waals surface area (Å²) in [7, 11) is 0. The van der Waals surface area contributed by atoms with Crippen molar-refractivity contribution in [2.75, 3.05) is 0 Å². The van der Waals surface area contributed by atoms with E-state index in [0.717, 1.165) is 12.0 Å². The molecule has 132 valence electrons. The number of amides is 2. The Morgan fingerprint density at radius 1 is 1.16 bits per heavy atom. The molecule has 4 nitrogen and oxygen atoms in total. The number of carbonyl (C=O) groups is 2. The van der Waals surface area contributed by atoms with Gasteiger partial charge in [0.2, 0.25) is 0 Å². The Hall–Kier alpha value is -2.21. The number of rotatable bonds is 6. The molecule has 0 aliphatic heterocycles. The molecule has 0 saturated heterocycles. The number of benzene rings is 2. The van der Waals surface area contributed by atoms with Gasteiger partial charge in [0.1, 0.15) is 5.82 Å². The van der Waals surface area contributed by atoms with Crippen LogP contribution in [0, 0.1) is 5.82 Å². The van der Waals surface area contributed by atoms with Crippen molar-refractivity contribution in [3.63, 3.8) is 0 Å². The molecular weight excluding hydrogens is 387 g/mol. The summed E-state index contributed by atoms with van der Waals surface area (Å²) in [5, 5.41) is 5.64. The summed E-state index contributed by atoms with van der Waals surface area (Å²) >= 11 is 3.24. The Labute approximate surface area is 154 Å². The zero-order chi connectivity index (χ0) is 18.4. The van der Waals surface area contributed by atoms with Crippen molar-refractivity contribution in [1.82, 2.24) is 10.6 Å². The first-order chi connectivity index (χ1) is 11.9. The van der Waals surface area contributed by atoms with Gasteiger partial charge in [-0.1, -0.05) is 19.1 Å². The van der Waals surface area contributed by atoms with Crippen LogP contribution in [-0.4, -0.2) is 17.9 Å². The monoisotopic (exact) mass is 406 g/mol. The molecule has 2 rings (SSSR count). The molecule has 0 aromatic heterocycles. The lowest BCUT2D eigenvalue weighted by Gasteiger charge is -2.12. The summed E-state index contributed by atoms with van der Waals surface area (Å²) in [4.78, 5) is 24.4. The van der Waals surface area contributed by atoms with Crippen LogP contribution in [0.2, 0.25) is 0 Å². The summed E-state index contributed by atoms with van der Waals surface area (Å²) in [6.07, 6.45) is 0.851. The molecule has 0 unspecified atom stereocenters. The summed E-state index contributed by atoms with van der Waals surface area (Å²) in [6, 6.07) is 11.1. The first kappa shape index (κ1) is 19.1. The predicted octanol–water partition coefficient (Wildman–Crippen LogP) is 4.05. The maximum atomic E-state index is 13.3. The van der Waals surface area contributed by atoms with E-state index in [0.29, 0.717) is 10.0 Å². The number of carbonyl (C=O) groups excluding carboxylic acids is 2. The van der Waals surface area contributed by atoms with Gasteiger partial charge in [-0.05, 0) is 65.2 Å². The summed E-state index contributed by atoms with van der Waals surface area (Å²) in [5.74, 6) is -1.01. The van der Waals surface area contributed by atoms with Crippen molar-refractivity contribution in [2.24, 2.45) is 0 Å². The van der Waals surface area contributed by atoms with E-state index in [1.165, 1.54) is 18.2 Å². The Morgan fingerprint density at radius 2 is 1.92 bits per heavy atom. The van der Waals surface area contributed by atoms with E-state index in [1.807, 2.05) is 19.9 Å². The molecule has 0 saturated carbocycles. The average Bonchev–Trinajstić information content (AvgIpc) is 2.61. The molecule has 0 aliphatic rings. The van der Waals surface area contributed by atoms with Gasteiger partial charge in [-0.3, -0.25) is 9.59 Å². The minimum absolute atomic E-state index is 0.0983. The average molecular weight is 407 g/mol. The van der Waals surface area contributed by atoms with Crippen molar-refractivity contribution < 1.29 is 14.0 Å². The van der Waals surface area contributed by atoms with Gasteiger partial charge in [0.05, 0.1) is 5.56 Å². The number of halogens is 2. The van der Waals surface area contributed by atoms with Crippen LogP contribution in [-0.2, 0) is 6.54 Å². The van der Waals surface area contributed by atoms with Gasteiger partial charge < -0.3 is 10.6 Å². The summed E-state index contributed by atoms with van der Waals surface area (Å²) in [5.41, 5.74) is 1.56. The zero-order valence-electron chi connectivity index (χ0n) is 14.1. The summed E-state index contributed by atoms with van der Waals surface area (Å²) in [6.45, 7) is 4.19. The van der Waals surface area contributed by atoms with Gasteiger partial charge in [0.25, 0.3) is 11.8 Å². The minimum Gasteiger partial charge on any atom is -0.350 e. The van der Waals surface area contributed by atoms with Crippen molar-refractivity contribution in [2.45, 2.75) is 32.9 Å². The van der Waals surface area contributed by atoms with Crippen LogP contribution in [0.4, 0.5) is 4.39 Å². The molecular formula is C19H20BrFN2O2. The van der Waals surface area contributed by atoms with Crippen LogP contribution in [0.3, 0.4) is 0 Å². The quantitative estimate of drug-likeness (QED) is 0.759. The smallest absolute Gasteiger partial charge is 0.252 e. The fraction of sp³-hybridized carbons (Fsp3) is 0.263. The second kappa shape index (κ2) is 8.76. The van der Waals surface area contributed by atoms with Crippen LogP contribution in [0.15, 0.2) is 46.9 Å². The molecule has 6 heteroatoms. The molecule has 25 heavy (non-hydrogen) atoms. The molecule has 0 aliphatic carbocycles. The van der Waals surface area contributed by atoms with E-state index in [-0.39, 0.29) is 30.0 Å². The molecule has 2 amide bonds. The fourth-order valence-electron chi connectivity index (χ4n) is 2.18. The van der Waals surface area contributed by atoms with Gasteiger partial charge >= 0.3 is 0 Å². The van der Waals surface area contributed by atoms with Crippen molar-refractivity contribution >= 4 is 27.7 Å². The lowest BCUT2D eigenvalue weighted by atomic mass is 10.1. The van der Waals surface area contributed by atoms with Gasteiger partial charge in [-0.15, -0.1) is 0 Å². The lowest BCUT2D eigenvalue weighted by Crippen LogP contribution is -2.32. The Bertz CT molecular complexity index is 780. The predicted molar refractivity (Wildman–Crippen MR) is 98.9 cm³/mol. The third-order valence-corrected chi connectivity index (χ3v) is 4.50.